The highest BCUT2D eigenvalue weighted by atomic mass is 16.5. The lowest BCUT2D eigenvalue weighted by molar-refractivity contribution is 0.110. The molecule has 0 saturated heterocycles. The van der Waals surface area contributed by atoms with Crippen molar-refractivity contribution in [2.45, 2.75) is 39.5 Å². The smallest absolute Gasteiger partial charge is 0.160 e. The molecule has 29 heavy (non-hydrogen) atoms. The predicted octanol–water partition coefficient (Wildman–Crippen LogP) is 4.97. The molecule has 5 nitrogen and oxygen atoms in total. The number of rotatable bonds is 12. The molecule has 2 N–H and O–H groups in total. The highest BCUT2D eigenvalue weighted by Gasteiger charge is 2.09. The second-order valence-electron chi connectivity index (χ2n) is 7.82. The van der Waals surface area contributed by atoms with Crippen molar-refractivity contribution in [1.82, 2.24) is 0 Å². The molecule has 0 heterocycles. The first-order valence-electron chi connectivity index (χ1n) is 10.2. The van der Waals surface area contributed by atoms with E-state index in [1.54, 1.807) is 26.4 Å². The van der Waals surface area contributed by atoms with Gasteiger partial charge in [-0.1, -0.05) is 26.0 Å². The van der Waals surface area contributed by atoms with Crippen molar-refractivity contribution >= 4 is 0 Å². The minimum absolute atomic E-state index is 0.173. The third kappa shape index (κ3) is 7.50. The van der Waals surface area contributed by atoms with Gasteiger partial charge in [-0.15, -0.1) is 0 Å². The van der Waals surface area contributed by atoms with E-state index >= 15 is 0 Å². The first kappa shape index (κ1) is 22.9. The van der Waals surface area contributed by atoms with E-state index in [-0.39, 0.29) is 11.5 Å². The summed E-state index contributed by atoms with van der Waals surface area (Å²) < 4.78 is 16.2. The quantitative estimate of drug-likeness (QED) is 0.491. The van der Waals surface area contributed by atoms with Gasteiger partial charge in [0, 0.05) is 13.2 Å². The number of hydrogen-bond acceptors (Lipinski definition) is 5. The van der Waals surface area contributed by atoms with Crippen molar-refractivity contribution in [2.75, 3.05) is 27.4 Å². The van der Waals surface area contributed by atoms with Gasteiger partial charge >= 0.3 is 0 Å². The molecule has 0 aromatic heterocycles. The Labute approximate surface area is 174 Å². The Morgan fingerprint density at radius 3 is 1.52 bits per heavy atom. The predicted molar refractivity (Wildman–Crippen MR) is 115 cm³/mol. The van der Waals surface area contributed by atoms with Gasteiger partial charge in [-0.3, -0.25) is 0 Å². The fourth-order valence-corrected chi connectivity index (χ4v) is 3.38. The maximum atomic E-state index is 9.68. The van der Waals surface area contributed by atoms with Crippen molar-refractivity contribution in [2.24, 2.45) is 11.8 Å². The molecule has 0 fully saturated rings. The van der Waals surface area contributed by atoms with E-state index in [2.05, 4.69) is 13.8 Å². The van der Waals surface area contributed by atoms with E-state index in [4.69, 9.17) is 14.2 Å². The normalized spacial score (nSPS) is 13.1. The molecule has 0 bridgehead atoms. The number of aromatic hydroxyl groups is 2. The lowest BCUT2D eigenvalue weighted by atomic mass is 9.97. The molecule has 5 heteroatoms. The van der Waals surface area contributed by atoms with Crippen LogP contribution in [0.25, 0.3) is 0 Å². The van der Waals surface area contributed by atoms with Gasteiger partial charge in [-0.05, 0) is 72.9 Å². The minimum Gasteiger partial charge on any atom is -0.504 e. The highest BCUT2D eigenvalue weighted by Crippen LogP contribution is 2.28. The van der Waals surface area contributed by atoms with Gasteiger partial charge in [0.05, 0.1) is 14.2 Å². The van der Waals surface area contributed by atoms with Crippen LogP contribution in [-0.2, 0) is 17.6 Å². The lowest BCUT2D eigenvalue weighted by Crippen LogP contribution is -2.09. The fourth-order valence-electron chi connectivity index (χ4n) is 3.38. The van der Waals surface area contributed by atoms with Crippen LogP contribution in [-0.4, -0.2) is 37.6 Å². The van der Waals surface area contributed by atoms with Crippen LogP contribution in [0.1, 0.15) is 37.8 Å². The average molecular weight is 403 g/mol. The molecule has 160 valence electrons. The summed E-state index contributed by atoms with van der Waals surface area (Å²) >= 11 is 0. The van der Waals surface area contributed by atoms with Crippen molar-refractivity contribution in [3.05, 3.63) is 47.5 Å². The maximum Gasteiger partial charge on any atom is 0.160 e. The molecule has 0 saturated carbocycles. The third-order valence-electron chi connectivity index (χ3n) is 5.17. The molecule has 0 spiro atoms. The van der Waals surface area contributed by atoms with Crippen LogP contribution in [0.3, 0.4) is 0 Å². The zero-order chi connectivity index (χ0) is 21.2. The minimum atomic E-state index is 0.173. The van der Waals surface area contributed by atoms with Crippen LogP contribution in [0.4, 0.5) is 0 Å². The van der Waals surface area contributed by atoms with Crippen LogP contribution in [0.5, 0.6) is 23.0 Å². The zero-order valence-electron chi connectivity index (χ0n) is 18.0. The SMILES string of the molecule is COc1cc(CC(C)CCOCCC(C)Cc2ccc(O)c(OC)c2)ccc1O. The van der Waals surface area contributed by atoms with Crippen molar-refractivity contribution in [1.29, 1.82) is 0 Å². The second kappa shape index (κ2) is 11.6. The van der Waals surface area contributed by atoms with Crippen molar-refractivity contribution < 1.29 is 24.4 Å². The summed E-state index contributed by atoms with van der Waals surface area (Å²) in [7, 11) is 3.13. The van der Waals surface area contributed by atoms with Gasteiger partial charge in [0.2, 0.25) is 0 Å². The van der Waals surface area contributed by atoms with Gasteiger partial charge in [-0.2, -0.15) is 0 Å². The van der Waals surface area contributed by atoms with Gasteiger partial charge in [-0.25, -0.2) is 0 Å². The van der Waals surface area contributed by atoms with E-state index in [0.29, 0.717) is 23.3 Å². The molecule has 2 unspecified atom stereocenters. The van der Waals surface area contributed by atoms with Gasteiger partial charge < -0.3 is 24.4 Å². The number of ether oxygens (including phenoxy) is 3. The van der Waals surface area contributed by atoms with E-state index < -0.39 is 0 Å². The van der Waals surface area contributed by atoms with Gasteiger partial charge in [0.25, 0.3) is 0 Å². The Hall–Kier alpha value is -2.40. The van der Waals surface area contributed by atoms with Gasteiger partial charge in [0.1, 0.15) is 0 Å². The molecular formula is C24H34O5. The monoisotopic (exact) mass is 402 g/mol. The number of phenols is 2. The average Bonchev–Trinajstić information content (AvgIpc) is 2.70. The topological polar surface area (TPSA) is 68.2 Å². The number of phenolic OH excluding ortho intramolecular Hbond substituents is 2. The summed E-state index contributed by atoms with van der Waals surface area (Å²) in [6.45, 7) is 5.92. The number of benzene rings is 2. The second-order valence-corrected chi connectivity index (χ2v) is 7.82. The van der Waals surface area contributed by atoms with E-state index in [9.17, 15) is 10.2 Å². The zero-order valence-corrected chi connectivity index (χ0v) is 18.0. The Balaban J connectivity index is 1.64. The summed E-state index contributed by atoms with van der Waals surface area (Å²) in [4.78, 5) is 0. The lowest BCUT2D eigenvalue weighted by Gasteiger charge is -2.15. The number of methoxy groups -OCH3 is 2. The van der Waals surface area contributed by atoms with Crippen molar-refractivity contribution in [3.8, 4) is 23.0 Å². The Morgan fingerprint density at radius 2 is 1.14 bits per heavy atom. The maximum absolute atomic E-state index is 9.68. The van der Waals surface area contributed by atoms with Crippen LogP contribution >= 0.6 is 0 Å². The molecule has 0 amide bonds. The first-order chi connectivity index (χ1) is 13.9. The molecular weight excluding hydrogens is 368 g/mol. The third-order valence-corrected chi connectivity index (χ3v) is 5.17. The summed E-state index contributed by atoms with van der Waals surface area (Å²) in [5.74, 6) is 2.37. The van der Waals surface area contributed by atoms with E-state index in [0.717, 1.165) is 50.0 Å². The van der Waals surface area contributed by atoms with Crippen LogP contribution < -0.4 is 9.47 Å². The first-order valence-corrected chi connectivity index (χ1v) is 10.2. The molecule has 2 aromatic carbocycles. The van der Waals surface area contributed by atoms with E-state index in [1.807, 2.05) is 24.3 Å². The Bertz CT molecular complexity index is 695. The standard InChI is InChI=1S/C24H34O5/c1-17(13-19-5-7-21(25)23(15-19)27-3)9-11-29-12-10-18(2)14-20-6-8-22(26)24(16-20)28-4/h5-8,15-18,25-26H,9-14H2,1-4H3. The van der Waals surface area contributed by atoms with Crippen LogP contribution in [0.15, 0.2) is 36.4 Å². The highest BCUT2D eigenvalue weighted by molar-refractivity contribution is 5.42. The molecule has 0 radical (unpaired) electrons. The number of hydrogen-bond donors (Lipinski definition) is 2. The molecule has 2 rings (SSSR count). The summed E-state index contributed by atoms with van der Waals surface area (Å²) in [6, 6.07) is 11.0. The molecule has 0 aliphatic rings. The Morgan fingerprint density at radius 1 is 0.724 bits per heavy atom. The van der Waals surface area contributed by atoms with Crippen LogP contribution in [0, 0.1) is 11.8 Å². The molecule has 0 aliphatic carbocycles. The summed E-state index contributed by atoms with van der Waals surface area (Å²) in [5, 5.41) is 19.4. The fraction of sp³-hybridized carbons (Fsp3) is 0.500. The molecule has 0 aliphatic heterocycles. The van der Waals surface area contributed by atoms with Crippen LogP contribution in [0.2, 0.25) is 0 Å². The van der Waals surface area contributed by atoms with E-state index in [1.165, 1.54) is 0 Å². The summed E-state index contributed by atoms with van der Waals surface area (Å²) in [6.07, 6.45) is 3.84. The molecule has 2 atom stereocenters. The molecule has 2 aromatic rings. The van der Waals surface area contributed by atoms with Crippen molar-refractivity contribution in [3.63, 3.8) is 0 Å². The van der Waals surface area contributed by atoms with Gasteiger partial charge in [0.15, 0.2) is 23.0 Å². The Kier molecular flexibility index (Phi) is 9.13. The summed E-state index contributed by atoms with van der Waals surface area (Å²) in [5.41, 5.74) is 2.31. The largest absolute Gasteiger partial charge is 0.504 e.